The van der Waals surface area contributed by atoms with Gasteiger partial charge in [0.25, 0.3) is 5.69 Å². The molecule has 0 saturated carbocycles. The number of rotatable bonds is 7. The van der Waals surface area contributed by atoms with E-state index in [1.54, 1.807) is 6.92 Å². The molecule has 0 heterocycles. The molecule has 0 atom stereocenters. The summed E-state index contributed by atoms with van der Waals surface area (Å²) in [5, 5.41) is 10.7. The van der Waals surface area contributed by atoms with E-state index in [9.17, 15) is 18.5 Å². The number of unbranched alkanes of at least 4 members (excludes halogenated alkanes) is 1. The van der Waals surface area contributed by atoms with Gasteiger partial charge in [0, 0.05) is 18.7 Å². The minimum atomic E-state index is -3.72. The van der Waals surface area contributed by atoms with Crippen molar-refractivity contribution in [3.8, 4) is 0 Å². The normalized spacial score (nSPS) is 11.5. The lowest BCUT2D eigenvalue weighted by Gasteiger charge is -2.08. The number of hydrogen-bond acceptors (Lipinski definition) is 5. The number of nitro benzene ring substituents is 1. The molecule has 0 aliphatic heterocycles. The van der Waals surface area contributed by atoms with Crippen molar-refractivity contribution in [1.29, 1.82) is 0 Å². The predicted molar refractivity (Wildman–Crippen MR) is 71.3 cm³/mol. The maximum absolute atomic E-state index is 12.0. The lowest BCUT2D eigenvalue weighted by Crippen LogP contribution is -2.26. The summed E-state index contributed by atoms with van der Waals surface area (Å²) in [6.07, 6.45) is 1.35. The van der Waals surface area contributed by atoms with Gasteiger partial charge in [-0.25, -0.2) is 13.1 Å². The summed E-state index contributed by atoms with van der Waals surface area (Å²) in [5.41, 5.74) is 5.54. The molecule has 0 fully saturated rings. The van der Waals surface area contributed by atoms with Crippen LogP contribution in [0.2, 0.25) is 0 Å². The molecule has 1 aromatic rings. The van der Waals surface area contributed by atoms with Crippen LogP contribution in [0.1, 0.15) is 18.4 Å². The molecular formula is C11H17N3O4S. The third-order valence-electron chi connectivity index (χ3n) is 2.60. The lowest BCUT2D eigenvalue weighted by atomic mass is 10.2. The van der Waals surface area contributed by atoms with Crippen molar-refractivity contribution in [1.82, 2.24) is 4.72 Å². The van der Waals surface area contributed by atoms with Gasteiger partial charge in [-0.3, -0.25) is 10.1 Å². The summed E-state index contributed by atoms with van der Waals surface area (Å²) >= 11 is 0. The molecule has 3 N–H and O–H groups in total. The van der Waals surface area contributed by atoms with Gasteiger partial charge >= 0.3 is 0 Å². The minimum Gasteiger partial charge on any atom is -0.330 e. The van der Waals surface area contributed by atoms with Gasteiger partial charge in [-0.1, -0.05) is 6.07 Å². The molecule has 1 rings (SSSR count). The van der Waals surface area contributed by atoms with Crippen LogP contribution in [-0.2, 0) is 10.0 Å². The highest BCUT2D eigenvalue weighted by atomic mass is 32.2. The first kappa shape index (κ1) is 15.5. The summed E-state index contributed by atoms with van der Waals surface area (Å²) < 4.78 is 26.5. The average molecular weight is 287 g/mol. The third-order valence-corrected chi connectivity index (χ3v) is 4.20. The van der Waals surface area contributed by atoms with Gasteiger partial charge in [0.2, 0.25) is 10.0 Å². The van der Waals surface area contributed by atoms with Crippen molar-refractivity contribution in [2.45, 2.75) is 24.7 Å². The van der Waals surface area contributed by atoms with Gasteiger partial charge in [0.15, 0.2) is 0 Å². The van der Waals surface area contributed by atoms with Crippen molar-refractivity contribution in [2.24, 2.45) is 5.73 Å². The van der Waals surface area contributed by atoms with E-state index in [1.807, 2.05) is 0 Å². The number of nitrogens with one attached hydrogen (secondary N) is 1. The van der Waals surface area contributed by atoms with E-state index >= 15 is 0 Å². The van der Waals surface area contributed by atoms with Crippen LogP contribution in [0, 0.1) is 17.0 Å². The van der Waals surface area contributed by atoms with Crippen LogP contribution in [0.5, 0.6) is 0 Å². The summed E-state index contributed by atoms with van der Waals surface area (Å²) in [6, 6.07) is 3.77. The van der Waals surface area contributed by atoms with E-state index in [0.717, 1.165) is 12.5 Å². The molecule has 8 heteroatoms. The number of nitrogens with zero attached hydrogens (tertiary/aromatic N) is 1. The summed E-state index contributed by atoms with van der Waals surface area (Å²) in [5.74, 6) is 0. The van der Waals surface area contributed by atoms with Crippen molar-refractivity contribution < 1.29 is 13.3 Å². The van der Waals surface area contributed by atoms with Gasteiger partial charge in [-0.2, -0.15) is 0 Å². The van der Waals surface area contributed by atoms with Crippen LogP contribution in [0.3, 0.4) is 0 Å². The maximum atomic E-state index is 12.0. The Morgan fingerprint density at radius 2 is 2.05 bits per heavy atom. The number of nitro groups is 1. The van der Waals surface area contributed by atoms with Crippen molar-refractivity contribution in [2.75, 3.05) is 13.1 Å². The second-order valence-electron chi connectivity index (χ2n) is 4.10. The molecule has 1 aromatic carbocycles. The van der Waals surface area contributed by atoms with E-state index in [2.05, 4.69) is 4.72 Å². The number of non-ortho nitro benzene ring substituents is 1. The van der Waals surface area contributed by atoms with Crippen molar-refractivity contribution >= 4 is 15.7 Å². The zero-order valence-corrected chi connectivity index (χ0v) is 11.4. The van der Waals surface area contributed by atoms with E-state index in [4.69, 9.17) is 5.73 Å². The summed E-state index contributed by atoms with van der Waals surface area (Å²) in [4.78, 5) is 9.99. The first-order chi connectivity index (χ1) is 8.88. The summed E-state index contributed by atoms with van der Waals surface area (Å²) in [7, 11) is -3.72. The molecule has 0 radical (unpaired) electrons. The molecule has 19 heavy (non-hydrogen) atoms. The number of benzene rings is 1. The number of hydrogen-bond donors (Lipinski definition) is 2. The van der Waals surface area contributed by atoms with Crippen LogP contribution >= 0.6 is 0 Å². The first-order valence-corrected chi connectivity index (χ1v) is 7.31. The predicted octanol–water partition coefficient (Wildman–Crippen LogP) is 0.920. The minimum absolute atomic E-state index is 0.0607. The topological polar surface area (TPSA) is 115 Å². The summed E-state index contributed by atoms with van der Waals surface area (Å²) in [6.45, 7) is 2.36. The average Bonchev–Trinajstić information content (AvgIpc) is 2.34. The largest absolute Gasteiger partial charge is 0.330 e. The SMILES string of the molecule is Cc1ccc([N+](=O)[O-])cc1S(=O)(=O)NCCCCN. The molecule has 0 spiro atoms. The van der Waals surface area contributed by atoms with Crippen molar-refractivity contribution in [3.63, 3.8) is 0 Å². The second kappa shape index (κ2) is 6.60. The fourth-order valence-corrected chi connectivity index (χ4v) is 2.88. The van der Waals surface area contributed by atoms with Gasteiger partial charge in [0.1, 0.15) is 0 Å². The quantitative estimate of drug-likeness (QED) is 0.439. The molecule has 106 valence electrons. The first-order valence-electron chi connectivity index (χ1n) is 5.83. The Labute approximate surface area is 112 Å². The highest BCUT2D eigenvalue weighted by Gasteiger charge is 2.19. The molecule has 0 aliphatic carbocycles. The Morgan fingerprint density at radius 3 is 2.63 bits per heavy atom. The molecule has 7 nitrogen and oxygen atoms in total. The monoisotopic (exact) mass is 287 g/mol. The smallest absolute Gasteiger partial charge is 0.270 e. The Bertz CT molecular complexity index is 557. The molecule has 0 saturated heterocycles. The lowest BCUT2D eigenvalue weighted by molar-refractivity contribution is -0.385. The van der Waals surface area contributed by atoms with Crippen LogP contribution < -0.4 is 10.5 Å². The van der Waals surface area contributed by atoms with Gasteiger partial charge in [-0.05, 0) is 31.9 Å². The van der Waals surface area contributed by atoms with Crippen LogP contribution in [0.15, 0.2) is 23.1 Å². The fraction of sp³-hybridized carbons (Fsp3) is 0.455. The third kappa shape index (κ3) is 4.27. The maximum Gasteiger partial charge on any atom is 0.270 e. The molecule has 0 aromatic heterocycles. The number of nitrogens with two attached hydrogens (primary N) is 1. The van der Waals surface area contributed by atoms with E-state index in [0.29, 0.717) is 18.5 Å². The van der Waals surface area contributed by atoms with Gasteiger partial charge in [0.05, 0.1) is 9.82 Å². The Hall–Kier alpha value is -1.51. The van der Waals surface area contributed by atoms with E-state index < -0.39 is 14.9 Å². The highest BCUT2D eigenvalue weighted by Crippen LogP contribution is 2.21. The second-order valence-corrected chi connectivity index (χ2v) is 5.84. The highest BCUT2D eigenvalue weighted by molar-refractivity contribution is 7.89. The Balaban J connectivity index is 2.94. The van der Waals surface area contributed by atoms with E-state index in [-0.39, 0.29) is 17.1 Å². The fourth-order valence-electron chi connectivity index (χ4n) is 1.55. The van der Waals surface area contributed by atoms with Crippen LogP contribution in [0.4, 0.5) is 5.69 Å². The number of sulfonamides is 1. The molecule has 0 amide bonds. The standard InChI is InChI=1S/C11H17N3O4S/c1-9-4-5-10(14(15)16)8-11(9)19(17,18)13-7-3-2-6-12/h4-5,8,13H,2-3,6-7,12H2,1H3. The van der Waals surface area contributed by atoms with Crippen LogP contribution in [0.25, 0.3) is 0 Å². The van der Waals surface area contributed by atoms with Gasteiger partial charge in [-0.15, -0.1) is 0 Å². The van der Waals surface area contributed by atoms with E-state index in [1.165, 1.54) is 12.1 Å². The molecule has 0 aliphatic rings. The van der Waals surface area contributed by atoms with Crippen LogP contribution in [-0.4, -0.2) is 26.4 Å². The van der Waals surface area contributed by atoms with Crippen molar-refractivity contribution in [3.05, 3.63) is 33.9 Å². The Morgan fingerprint density at radius 1 is 1.37 bits per heavy atom. The zero-order valence-electron chi connectivity index (χ0n) is 10.6. The van der Waals surface area contributed by atoms with Gasteiger partial charge < -0.3 is 5.73 Å². The molecule has 0 unspecified atom stereocenters. The molecular weight excluding hydrogens is 270 g/mol. The Kier molecular flexibility index (Phi) is 5.40. The number of aryl methyl sites for hydroxylation is 1. The zero-order chi connectivity index (χ0) is 14.5. The molecule has 0 bridgehead atoms.